The average molecular weight is 617 g/mol. The summed E-state index contributed by atoms with van der Waals surface area (Å²) in [5.41, 5.74) is 16.9. The summed E-state index contributed by atoms with van der Waals surface area (Å²) in [7, 11) is 0. The molecule has 0 saturated heterocycles. The van der Waals surface area contributed by atoms with Crippen LogP contribution in [0.4, 0.5) is 0 Å². The summed E-state index contributed by atoms with van der Waals surface area (Å²) >= 11 is 0. The molecule has 2 aromatic heterocycles. The fourth-order valence-electron chi connectivity index (χ4n) is 6.77. The average Bonchev–Trinajstić information content (AvgIpc) is 3.79. The first-order valence-electron chi connectivity index (χ1n) is 16.5. The van der Waals surface area contributed by atoms with E-state index in [-0.39, 0.29) is 0 Å². The van der Waals surface area contributed by atoms with E-state index in [1.54, 1.807) is 0 Å². The van der Waals surface area contributed by atoms with E-state index in [2.05, 4.69) is 205 Å². The quantitative estimate of drug-likeness (QED) is 0.169. The zero-order valence-corrected chi connectivity index (χ0v) is 27.2. The molecular weight excluding hydrogens is 581 g/mol. The molecule has 230 valence electrons. The molecule has 0 unspecified atom stereocenters. The monoisotopic (exact) mass is 616 g/mol. The van der Waals surface area contributed by atoms with Crippen molar-refractivity contribution in [3.63, 3.8) is 0 Å². The number of para-hydroxylation sites is 2. The number of rotatable bonds is 7. The highest BCUT2D eigenvalue weighted by Crippen LogP contribution is 2.40. The minimum absolute atomic E-state index is 1.15. The second kappa shape index (κ2) is 12.6. The van der Waals surface area contributed by atoms with Crippen LogP contribution in [0.1, 0.15) is 11.1 Å². The van der Waals surface area contributed by atoms with Crippen LogP contribution >= 0.6 is 0 Å². The first-order chi connectivity index (χ1) is 23.6. The molecule has 8 aromatic rings. The van der Waals surface area contributed by atoms with E-state index in [1.165, 1.54) is 66.8 Å². The summed E-state index contributed by atoms with van der Waals surface area (Å²) in [6.45, 7) is 4.40. The molecule has 6 aromatic carbocycles. The highest BCUT2D eigenvalue weighted by Gasteiger charge is 2.16. The van der Waals surface area contributed by atoms with Crippen LogP contribution in [-0.4, -0.2) is 9.13 Å². The van der Waals surface area contributed by atoms with Gasteiger partial charge in [-0.3, -0.25) is 0 Å². The van der Waals surface area contributed by atoms with Gasteiger partial charge in [0.15, 0.2) is 0 Å². The largest absolute Gasteiger partial charge is 0.323 e. The minimum atomic E-state index is 1.15. The normalized spacial score (nSPS) is 11.1. The molecule has 2 nitrogen and oxygen atoms in total. The zero-order chi connectivity index (χ0) is 32.5. The molecule has 0 saturated carbocycles. The molecule has 2 heteroatoms. The van der Waals surface area contributed by atoms with Gasteiger partial charge in [-0.1, -0.05) is 121 Å². The number of benzene rings is 6. The van der Waals surface area contributed by atoms with E-state index in [1.807, 2.05) is 0 Å². The topological polar surface area (TPSA) is 9.86 Å². The summed E-state index contributed by atoms with van der Waals surface area (Å²) in [6, 6.07) is 56.5. The van der Waals surface area contributed by atoms with Gasteiger partial charge in [0.1, 0.15) is 0 Å². The Morgan fingerprint density at radius 2 is 0.583 bits per heavy atom. The Balaban J connectivity index is 1.26. The van der Waals surface area contributed by atoms with Crippen LogP contribution in [0.3, 0.4) is 0 Å². The van der Waals surface area contributed by atoms with Gasteiger partial charge in [-0.25, -0.2) is 0 Å². The van der Waals surface area contributed by atoms with Crippen molar-refractivity contribution in [1.29, 1.82) is 0 Å². The molecule has 0 spiro atoms. The smallest absolute Gasteiger partial charge is 0.0449 e. The number of hydrogen-bond donors (Lipinski definition) is 0. The molecular formula is C46H36N2. The lowest BCUT2D eigenvalue weighted by molar-refractivity contribution is 1.08. The van der Waals surface area contributed by atoms with Crippen molar-refractivity contribution in [2.45, 2.75) is 13.8 Å². The third-order valence-electron chi connectivity index (χ3n) is 9.04. The van der Waals surface area contributed by atoms with E-state index in [0.29, 0.717) is 0 Å². The van der Waals surface area contributed by atoms with Gasteiger partial charge in [0.2, 0.25) is 0 Å². The SMILES string of the molecule is Cc1cc(-c2cc(C)cc(-c3cn(-c4ccccc4)cc3-c3ccccc3)c2)cc(-c2cn(-c3ccccc3)cc2-c2ccccc2)c1. The molecule has 0 radical (unpaired) electrons. The lowest BCUT2D eigenvalue weighted by atomic mass is 9.91. The minimum Gasteiger partial charge on any atom is -0.323 e. The number of nitrogens with zero attached hydrogens (tertiary/aromatic N) is 2. The molecule has 2 heterocycles. The first kappa shape index (κ1) is 29.3. The van der Waals surface area contributed by atoms with E-state index in [4.69, 9.17) is 0 Å². The number of hydrogen-bond acceptors (Lipinski definition) is 0. The van der Waals surface area contributed by atoms with Gasteiger partial charge in [-0.05, 0) is 94.8 Å². The van der Waals surface area contributed by atoms with Gasteiger partial charge < -0.3 is 9.13 Å². The summed E-state index contributed by atoms with van der Waals surface area (Å²) in [6.07, 6.45) is 9.07. The van der Waals surface area contributed by atoms with Gasteiger partial charge in [0.05, 0.1) is 0 Å². The van der Waals surface area contributed by atoms with Crippen molar-refractivity contribution in [2.24, 2.45) is 0 Å². The van der Waals surface area contributed by atoms with Gasteiger partial charge in [0.25, 0.3) is 0 Å². The predicted octanol–water partition coefficient (Wildman–Crippen LogP) is 12.2. The van der Waals surface area contributed by atoms with E-state index in [0.717, 1.165) is 11.4 Å². The van der Waals surface area contributed by atoms with Crippen molar-refractivity contribution < 1.29 is 0 Å². The standard InChI is InChI=1S/C46H36N2/c1-33-23-37(27-39(25-33)45-31-47(41-19-11-5-12-20-41)29-43(45)35-15-7-3-8-16-35)38-24-34(2)26-40(28-38)46-32-48(42-21-13-6-14-22-42)30-44(46)36-17-9-4-10-18-36/h3-32H,1-2H3. The lowest BCUT2D eigenvalue weighted by Gasteiger charge is -2.13. The van der Waals surface area contributed by atoms with Crippen LogP contribution in [0, 0.1) is 13.8 Å². The number of aryl methyl sites for hydroxylation is 2. The Morgan fingerprint density at radius 1 is 0.292 bits per heavy atom. The maximum absolute atomic E-state index is 2.36. The summed E-state index contributed by atoms with van der Waals surface area (Å²) in [5, 5.41) is 0. The van der Waals surface area contributed by atoms with Crippen LogP contribution in [0.2, 0.25) is 0 Å². The van der Waals surface area contributed by atoms with E-state index in [9.17, 15) is 0 Å². The third kappa shape index (κ3) is 5.81. The molecule has 0 aliphatic rings. The third-order valence-corrected chi connectivity index (χ3v) is 9.04. The van der Waals surface area contributed by atoms with Gasteiger partial charge in [0, 0.05) is 58.4 Å². The molecule has 0 aliphatic heterocycles. The second-order valence-electron chi connectivity index (χ2n) is 12.6. The molecule has 0 fully saturated rings. The van der Waals surface area contributed by atoms with Gasteiger partial charge in [-0.15, -0.1) is 0 Å². The van der Waals surface area contributed by atoms with E-state index < -0.39 is 0 Å². The van der Waals surface area contributed by atoms with Crippen molar-refractivity contribution in [2.75, 3.05) is 0 Å². The highest BCUT2D eigenvalue weighted by molar-refractivity contribution is 5.89. The molecule has 0 N–H and O–H groups in total. The Morgan fingerprint density at radius 3 is 0.938 bits per heavy atom. The van der Waals surface area contributed by atoms with Gasteiger partial charge in [-0.2, -0.15) is 0 Å². The molecule has 48 heavy (non-hydrogen) atoms. The van der Waals surface area contributed by atoms with Crippen molar-refractivity contribution in [1.82, 2.24) is 9.13 Å². The summed E-state index contributed by atoms with van der Waals surface area (Å²) < 4.78 is 4.49. The van der Waals surface area contributed by atoms with E-state index >= 15 is 0 Å². The number of aromatic nitrogens is 2. The second-order valence-corrected chi connectivity index (χ2v) is 12.6. The molecule has 0 atom stereocenters. The first-order valence-corrected chi connectivity index (χ1v) is 16.5. The van der Waals surface area contributed by atoms with Crippen molar-refractivity contribution in [3.05, 3.63) is 194 Å². The lowest BCUT2D eigenvalue weighted by Crippen LogP contribution is -1.89. The zero-order valence-electron chi connectivity index (χ0n) is 27.2. The van der Waals surface area contributed by atoms with Crippen LogP contribution in [0.15, 0.2) is 183 Å². The van der Waals surface area contributed by atoms with Crippen molar-refractivity contribution >= 4 is 0 Å². The molecule has 0 amide bonds. The Bertz CT molecular complexity index is 2160. The fraction of sp³-hybridized carbons (Fsp3) is 0.0435. The summed E-state index contributed by atoms with van der Waals surface area (Å²) in [4.78, 5) is 0. The molecule has 0 aliphatic carbocycles. The molecule has 0 bridgehead atoms. The Hall–Kier alpha value is -6.12. The van der Waals surface area contributed by atoms with Crippen LogP contribution in [0.25, 0.3) is 67.0 Å². The van der Waals surface area contributed by atoms with Crippen LogP contribution in [-0.2, 0) is 0 Å². The van der Waals surface area contributed by atoms with Crippen LogP contribution in [0.5, 0.6) is 0 Å². The van der Waals surface area contributed by atoms with Crippen LogP contribution < -0.4 is 0 Å². The van der Waals surface area contributed by atoms with Gasteiger partial charge >= 0.3 is 0 Å². The predicted molar refractivity (Wildman–Crippen MR) is 202 cm³/mol. The maximum Gasteiger partial charge on any atom is 0.0449 e. The highest BCUT2D eigenvalue weighted by atomic mass is 15.0. The van der Waals surface area contributed by atoms with Crippen molar-refractivity contribution in [3.8, 4) is 67.0 Å². The fourth-order valence-corrected chi connectivity index (χ4v) is 6.77. The Kier molecular flexibility index (Phi) is 7.68. The Labute approximate surface area is 282 Å². The summed E-state index contributed by atoms with van der Waals surface area (Å²) in [5.74, 6) is 0. The molecule has 8 rings (SSSR count). The maximum atomic E-state index is 2.36.